The molecule has 2 aromatic rings. The number of Topliss-reactive ketones (excluding diaryl/α,β-unsaturated/α-hetero) is 1. The van der Waals surface area contributed by atoms with Crippen molar-refractivity contribution in [1.29, 1.82) is 0 Å². The summed E-state index contributed by atoms with van der Waals surface area (Å²) >= 11 is 0. The van der Waals surface area contributed by atoms with Gasteiger partial charge < -0.3 is 32.7 Å². The minimum absolute atomic E-state index is 0. The van der Waals surface area contributed by atoms with Crippen molar-refractivity contribution in [2.75, 3.05) is 14.2 Å². The molecule has 2 aromatic heterocycles. The van der Waals surface area contributed by atoms with E-state index < -0.39 is 16.1 Å². The first kappa shape index (κ1) is 83.2. The average molecular weight is 867 g/mol. The summed E-state index contributed by atoms with van der Waals surface area (Å²) in [4.78, 5) is 35.8. The summed E-state index contributed by atoms with van der Waals surface area (Å²) in [6.45, 7) is 34.3. The van der Waals surface area contributed by atoms with Gasteiger partial charge >= 0.3 is 122 Å². The second kappa shape index (κ2) is 63.6. The molecular formula is C38H69K2LiN4O9Si2. The van der Waals surface area contributed by atoms with Gasteiger partial charge in [0.1, 0.15) is 27.7 Å². The van der Waals surface area contributed by atoms with E-state index in [9.17, 15) is 9.59 Å². The van der Waals surface area contributed by atoms with Gasteiger partial charge in [-0.2, -0.15) is 6.42 Å². The maximum Gasteiger partial charge on any atom is 1.00 e. The first-order valence-corrected chi connectivity index (χ1v) is 23.0. The number of hydrogen-bond donors (Lipinski definition) is 2. The van der Waals surface area contributed by atoms with Crippen molar-refractivity contribution < 1.29 is 167 Å². The monoisotopic (exact) mass is 866 g/mol. The maximum absolute atomic E-state index is 10.2. The van der Waals surface area contributed by atoms with E-state index in [2.05, 4.69) is 120 Å². The molecule has 0 saturated heterocycles. The van der Waals surface area contributed by atoms with E-state index in [1.165, 1.54) is 27.4 Å². The first-order valence-electron chi connectivity index (χ1n) is 16.0. The van der Waals surface area contributed by atoms with Crippen LogP contribution in [0.5, 0.6) is 0 Å². The number of unbranched alkanes of at least 4 members (excludes halogenated alkanes) is 1. The van der Waals surface area contributed by atoms with Crippen LogP contribution in [0.3, 0.4) is 0 Å². The van der Waals surface area contributed by atoms with Crippen molar-refractivity contribution in [1.82, 2.24) is 15.4 Å². The Kier molecular flexibility index (Phi) is 94.4. The average Bonchev–Trinajstić information content (AvgIpc) is 3.66. The molecule has 3 N–H and O–H groups in total. The third-order valence-electron chi connectivity index (χ3n) is 3.84. The fourth-order valence-corrected chi connectivity index (χ4v) is 2.41. The molecular weight excluding hydrogens is 798 g/mol. The second-order valence-electron chi connectivity index (χ2n) is 11.6. The van der Waals surface area contributed by atoms with E-state index in [-0.39, 0.29) is 141 Å². The molecule has 0 unspecified atom stereocenters. The number of rotatable bonds is 3. The molecule has 0 fully saturated rings. The summed E-state index contributed by atoms with van der Waals surface area (Å²) in [5.74, 6) is 15.0. The summed E-state index contributed by atoms with van der Waals surface area (Å²) in [6, 6.07) is 3.78. The molecule has 0 saturated carbocycles. The van der Waals surface area contributed by atoms with Crippen molar-refractivity contribution in [2.24, 2.45) is 5.90 Å². The summed E-state index contributed by atoms with van der Waals surface area (Å²) in [5.41, 5.74) is 7.80. The number of hydrogen-bond acceptors (Lipinski definition) is 12. The summed E-state index contributed by atoms with van der Waals surface area (Å²) < 4.78 is 9.43. The van der Waals surface area contributed by atoms with Crippen LogP contribution in [0.2, 0.25) is 39.3 Å². The topological polar surface area (TPSA) is 194 Å². The number of amides is 1. The fraction of sp³-hybridized carbons (Fsp3) is 0.526. The molecule has 18 heteroatoms. The quantitative estimate of drug-likeness (QED) is 0.0642. The van der Waals surface area contributed by atoms with Gasteiger partial charge in [-0.25, -0.2) is 11.0 Å². The van der Waals surface area contributed by atoms with E-state index in [4.69, 9.17) is 30.7 Å². The van der Waals surface area contributed by atoms with Crippen LogP contribution in [0.1, 0.15) is 78.7 Å². The van der Waals surface area contributed by atoms with E-state index in [1.807, 2.05) is 46.8 Å². The van der Waals surface area contributed by atoms with Crippen LogP contribution in [-0.2, 0) is 24.1 Å². The predicted octanol–water partition coefficient (Wildman–Crippen LogP) is -2.25. The van der Waals surface area contributed by atoms with Crippen molar-refractivity contribution in [3.63, 3.8) is 0 Å². The molecule has 0 aliphatic rings. The molecule has 0 aliphatic heterocycles. The minimum atomic E-state index is -1.10. The molecule has 306 valence electrons. The van der Waals surface area contributed by atoms with Gasteiger partial charge in [-0.1, -0.05) is 68.9 Å². The van der Waals surface area contributed by atoms with Crippen LogP contribution in [0.25, 0.3) is 0 Å². The number of ketones is 1. The standard InChI is InChI=1S/C6H12Si.2C5H7NO.C5H6O.C5H10Si.C4H9NO2.C4H9.C3H4.CH2O3.2K.Li.H3NO.H/c1-5-6-7(2,3)4;2*1-4-3-5(2)7-6-4;1-3-4-5(2)6;1-5-6(2,3)4;1-4(6)5(2)7-3;1-3-4-2;1-3-2;2-1-4-3;;;;1-2;/h1-4H3;2*3H,1-2H3;1-2H3;1H,2-4H3;1-3H3;1,3-4H2,2H3;1H,2H3;1,3H;;;;2H,1H2;/q;;;;;;-1;;;3*+1;;-1/p-1. The largest absolute Gasteiger partial charge is 1.00 e. The van der Waals surface area contributed by atoms with E-state index in [0.29, 0.717) is 0 Å². The maximum atomic E-state index is 10.2. The number of nitrogens with two attached hydrogens (primary N) is 1. The molecule has 0 spiro atoms. The zero-order valence-electron chi connectivity index (χ0n) is 39.6. The SMILES string of the molecule is C#CC.C#C[Si](C)(C)C.CC#CC(C)=O.CC#C[Si](C)(C)C.CON(C)C(C)=O.Cc1cc(C)on1.Cc1cc(C)on1.NO.O=CO[O-].[CH2-]CCC.[H-].[K+].[K+].[Li+]. The number of carbonyl (C=O) groups excluding carboxylic acids is 3. The Morgan fingerprint density at radius 2 is 1.25 bits per heavy atom. The first-order chi connectivity index (χ1) is 24.4. The Hall–Kier alpha value is -0.586. The molecule has 0 aliphatic carbocycles. The number of hydroxylamine groups is 2. The van der Waals surface area contributed by atoms with Crippen LogP contribution in [-0.4, -0.2) is 69.1 Å². The van der Waals surface area contributed by atoms with Crippen LogP contribution in [0, 0.1) is 82.2 Å². The molecule has 0 radical (unpaired) electrons. The molecule has 56 heavy (non-hydrogen) atoms. The van der Waals surface area contributed by atoms with Gasteiger partial charge in [0.15, 0.2) is 0 Å². The van der Waals surface area contributed by atoms with Crippen molar-refractivity contribution in [3.05, 3.63) is 42.0 Å². The smallest absolute Gasteiger partial charge is 1.00 e. The Labute approximate surface area is 441 Å². The Balaban J connectivity index is -0.0000000398. The van der Waals surface area contributed by atoms with Gasteiger partial charge in [-0.05, 0) is 54.4 Å². The van der Waals surface area contributed by atoms with Gasteiger partial charge in [0.2, 0.25) is 11.7 Å². The normalized spacial score (nSPS) is 7.50. The van der Waals surface area contributed by atoms with Crippen LogP contribution < -0.4 is 133 Å². The number of carbonyl (C=O) groups is 3. The third-order valence-corrected chi connectivity index (χ3v) is 5.70. The zero-order valence-corrected chi connectivity index (χ0v) is 46.9. The number of aromatic nitrogens is 2. The fourth-order valence-electron chi connectivity index (χ4n) is 1.66. The molecule has 0 aromatic carbocycles. The van der Waals surface area contributed by atoms with Crippen molar-refractivity contribution >= 4 is 34.3 Å². The second-order valence-corrected chi connectivity index (χ2v) is 21.2. The van der Waals surface area contributed by atoms with Gasteiger partial charge in [0.25, 0.3) is 6.47 Å². The Morgan fingerprint density at radius 3 is 1.27 bits per heavy atom. The minimum Gasteiger partial charge on any atom is -1.00 e. The van der Waals surface area contributed by atoms with Gasteiger partial charge in [0, 0.05) is 33.0 Å². The zero-order chi connectivity index (χ0) is 44.1. The number of aryl methyl sites for hydroxylation is 4. The van der Waals surface area contributed by atoms with Gasteiger partial charge in [-0.3, -0.25) is 19.2 Å². The predicted molar refractivity (Wildman–Crippen MR) is 220 cm³/mol. The Morgan fingerprint density at radius 1 is 0.946 bits per heavy atom. The van der Waals surface area contributed by atoms with Crippen molar-refractivity contribution in [2.45, 2.75) is 121 Å². The van der Waals surface area contributed by atoms with Gasteiger partial charge in [0.05, 0.1) is 18.5 Å². The van der Waals surface area contributed by atoms with Crippen LogP contribution in [0.15, 0.2) is 21.2 Å². The molecule has 13 nitrogen and oxygen atoms in total. The Bertz CT molecular complexity index is 1280. The summed E-state index contributed by atoms with van der Waals surface area (Å²) in [5, 5.41) is 23.4. The van der Waals surface area contributed by atoms with Crippen LogP contribution >= 0.6 is 0 Å². The van der Waals surface area contributed by atoms with Gasteiger partial charge in [-0.15, -0.1) is 35.8 Å². The molecule has 0 atom stereocenters. The molecule has 2 rings (SSSR count). The van der Waals surface area contributed by atoms with E-state index in [0.717, 1.165) is 34.4 Å². The van der Waals surface area contributed by atoms with E-state index in [1.54, 1.807) is 20.9 Å². The molecule has 2 heterocycles. The number of nitrogens with zero attached hydrogens (tertiary/aromatic N) is 3. The molecule has 1 amide bonds. The molecule has 0 bridgehead atoms. The van der Waals surface area contributed by atoms with Crippen LogP contribution in [0.4, 0.5) is 0 Å². The summed E-state index contributed by atoms with van der Waals surface area (Å²) in [6.07, 6.45) is 12.0. The van der Waals surface area contributed by atoms with E-state index >= 15 is 0 Å². The summed E-state index contributed by atoms with van der Waals surface area (Å²) in [7, 11) is 0.882. The van der Waals surface area contributed by atoms with Crippen molar-refractivity contribution in [3.8, 4) is 47.6 Å². The third kappa shape index (κ3) is 117. The number of terminal acetylenes is 2.